The number of nitriles is 1. The Labute approximate surface area is 97.8 Å². The lowest BCUT2D eigenvalue weighted by Crippen LogP contribution is -2.34. The van der Waals surface area contributed by atoms with Crippen LogP contribution in [0.4, 0.5) is 0 Å². The highest BCUT2D eigenvalue weighted by molar-refractivity contribution is 5.77. The van der Waals surface area contributed by atoms with Crippen LogP contribution in [0.2, 0.25) is 0 Å². The number of hydrogen-bond donors (Lipinski definition) is 2. The third kappa shape index (κ3) is 11.0. The Morgan fingerprint density at radius 3 is 2.69 bits per heavy atom. The van der Waals surface area contributed by atoms with Crippen molar-refractivity contribution < 1.29 is 4.79 Å². The molecule has 0 aromatic rings. The van der Waals surface area contributed by atoms with E-state index in [0.29, 0.717) is 19.5 Å². The molecule has 92 valence electrons. The van der Waals surface area contributed by atoms with Crippen molar-refractivity contribution in [2.45, 2.75) is 19.3 Å². The van der Waals surface area contributed by atoms with Gasteiger partial charge in [-0.05, 0) is 40.0 Å². The number of nitrogens with one attached hydrogen (secondary N) is 2. The number of amides is 1. The fraction of sp³-hybridized carbons (Fsp3) is 0.818. The van der Waals surface area contributed by atoms with Crippen molar-refractivity contribution in [1.29, 1.82) is 5.26 Å². The summed E-state index contributed by atoms with van der Waals surface area (Å²) >= 11 is 0. The van der Waals surface area contributed by atoms with Crippen LogP contribution in [0.25, 0.3) is 0 Å². The molecule has 16 heavy (non-hydrogen) atoms. The van der Waals surface area contributed by atoms with Gasteiger partial charge in [0.15, 0.2) is 0 Å². The first-order valence-electron chi connectivity index (χ1n) is 5.66. The van der Waals surface area contributed by atoms with E-state index >= 15 is 0 Å². The van der Waals surface area contributed by atoms with Gasteiger partial charge in [-0.2, -0.15) is 5.26 Å². The Kier molecular flexibility index (Phi) is 9.67. The van der Waals surface area contributed by atoms with E-state index in [0.717, 1.165) is 25.9 Å². The van der Waals surface area contributed by atoms with Crippen LogP contribution in [0.3, 0.4) is 0 Å². The summed E-state index contributed by atoms with van der Waals surface area (Å²) in [4.78, 5) is 13.3. The second-order valence-electron chi connectivity index (χ2n) is 3.95. The largest absolute Gasteiger partial charge is 0.354 e. The van der Waals surface area contributed by atoms with E-state index in [1.54, 1.807) is 0 Å². The zero-order valence-corrected chi connectivity index (χ0v) is 10.3. The molecule has 0 aromatic carbocycles. The molecule has 0 aliphatic carbocycles. The molecular formula is C11H22N4O. The quantitative estimate of drug-likeness (QED) is 0.541. The Balaban J connectivity index is 3.19. The van der Waals surface area contributed by atoms with Crippen molar-refractivity contribution in [3.05, 3.63) is 0 Å². The minimum absolute atomic E-state index is 0.0390. The summed E-state index contributed by atoms with van der Waals surface area (Å²) in [6, 6.07) is 1.98. The summed E-state index contributed by atoms with van der Waals surface area (Å²) in [5.74, 6) is -0.0390. The Morgan fingerprint density at radius 1 is 1.31 bits per heavy atom. The summed E-state index contributed by atoms with van der Waals surface area (Å²) in [5.41, 5.74) is 0. The number of carbonyl (C=O) groups excluding carboxylic acids is 1. The second-order valence-corrected chi connectivity index (χ2v) is 3.95. The highest BCUT2D eigenvalue weighted by Crippen LogP contribution is 1.88. The lowest BCUT2D eigenvalue weighted by Gasteiger charge is -2.09. The summed E-state index contributed by atoms with van der Waals surface area (Å²) < 4.78 is 0. The monoisotopic (exact) mass is 226 g/mol. The van der Waals surface area contributed by atoms with Crippen LogP contribution in [-0.2, 0) is 4.79 Å². The molecule has 5 nitrogen and oxygen atoms in total. The van der Waals surface area contributed by atoms with Crippen molar-refractivity contribution in [2.75, 3.05) is 40.3 Å². The van der Waals surface area contributed by atoms with Crippen LogP contribution in [0.15, 0.2) is 0 Å². The average molecular weight is 226 g/mol. The van der Waals surface area contributed by atoms with E-state index in [-0.39, 0.29) is 5.91 Å². The van der Waals surface area contributed by atoms with Crippen molar-refractivity contribution in [3.8, 4) is 6.07 Å². The first-order chi connectivity index (χ1) is 7.66. The predicted octanol–water partition coefficient (Wildman–Crippen LogP) is -0.0523. The van der Waals surface area contributed by atoms with E-state index in [9.17, 15) is 4.79 Å². The summed E-state index contributed by atoms with van der Waals surface area (Å²) in [7, 11) is 4.10. The minimum Gasteiger partial charge on any atom is -0.354 e. The highest BCUT2D eigenvalue weighted by atomic mass is 16.1. The van der Waals surface area contributed by atoms with Gasteiger partial charge in [0, 0.05) is 6.54 Å². The van der Waals surface area contributed by atoms with E-state index in [2.05, 4.69) is 29.6 Å². The van der Waals surface area contributed by atoms with Gasteiger partial charge in [-0.1, -0.05) is 0 Å². The average Bonchev–Trinajstić information content (AvgIpc) is 2.23. The Bertz CT molecular complexity index is 223. The third-order valence-corrected chi connectivity index (χ3v) is 2.05. The van der Waals surface area contributed by atoms with Crippen molar-refractivity contribution in [1.82, 2.24) is 15.5 Å². The Hall–Kier alpha value is -1.12. The fourth-order valence-corrected chi connectivity index (χ4v) is 1.20. The Morgan fingerprint density at radius 2 is 2.06 bits per heavy atom. The molecule has 0 bridgehead atoms. The van der Waals surface area contributed by atoms with Crippen LogP contribution < -0.4 is 10.6 Å². The number of nitrogens with zero attached hydrogens (tertiary/aromatic N) is 2. The first kappa shape index (κ1) is 14.9. The molecule has 0 saturated carbocycles. The molecule has 0 fully saturated rings. The molecule has 0 aliphatic rings. The maximum Gasteiger partial charge on any atom is 0.233 e. The predicted molar refractivity (Wildman–Crippen MR) is 63.9 cm³/mol. The molecule has 2 N–H and O–H groups in total. The molecule has 0 unspecified atom stereocenters. The second kappa shape index (κ2) is 10.4. The molecule has 0 rings (SSSR count). The van der Waals surface area contributed by atoms with Crippen LogP contribution in [0.1, 0.15) is 19.3 Å². The molecule has 0 radical (unpaired) electrons. The van der Waals surface area contributed by atoms with Gasteiger partial charge in [0.1, 0.15) is 0 Å². The smallest absolute Gasteiger partial charge is 0.233 e. The molecule has 5 heteroatoms. The SMILES string of the molecule is CN(C)CCCCNCC(=O)NCCC#N. The zero-order chi connectivity index (χ0) is 12.2. The van der Waals surface area contributed by atoms with Crippen molar-refractivity contribution >= 4 is 5.91 Å². The number of carbonyl (C=O) groups is 1. The number of rotatable bonds is 9. The molecule has 0 heterocycles. The number of hydrogen-bond acceptors (Lipinski definition) is 4. The van der Waals surface area contributed by atoms with Gasteiger partial charge in [-0.25, -0.2) is 0 Å². The first-order valence-corrected chi connectivity index (χ1v) is 5.66. The normalized spacial score (nSPS) is 10.1. The maximum atomic E-state index is 11.2. The van der Waals surface area contributed by atoms with Gasteiger partial charge < -0.3 is 15.5 Å². The third-order valence-electron chi connectivity index (χ3n) is 2.05. The van der Waals surface area contributed by atoms with Crippen LogP contribution in [0.5, 0.6) is 0 Å². The zero-order valence-electron chi connectivity index (χ0n) is 10.3. The topological polar surface area (TPSA) is 68.2 Å². The molecule has 0 aliphatic heterocycles. The van der Waals surface area contributed by atoms with Gasteiger partial charge >= 0.3 is 0 Å². The van der Waals surface area contributed by atoms with Gasteiger partial charge in [0.25, 0.3) is 0 Å². The molecule has 0 atom stereocenters. The van der Waals surface area contributed by atoms with Crippen LogP contribution in [-0.4, -0.2) is 51.1 Å². The van der Waals surface area contributed by atoms with Gasteiger partial charge in [-0.15, -0.1) is 0 Å². The molecule has 0 saturated heterocycles. The lowest BCUT2D eigenvalue weighted by atomic mass is 10.3. The van der Waals surface area contributed by atoms with E-state index in [4.69, 9.17) is 5.26 Å². The van der Waals surface area contributed by atoms with E-state index in [1.807, 2.05) is 6.07 Å². The minimum atomic E-state index is -0.0390. The maximum absolute atomic E-state index is 11.2. The van der Waals surface area contributed by atoms with Gasteiger partial charge in [-0.3, -0.25) is 4.79 Å². The van der Waals surface area contributed by atoms with Crippen molar-refractivity contribution in [3.63, 3.8) is 0 Å². The van der Waals surface area contributed by atoms with Crippen molar-refractivity contribution in [2.24, 2.45) is 0 Å². The molecular weight excluding hydrogens is 204 g/mol. The molecule has 0 aromatic heterocycles. The van der Waals surface area contributed by atoms with Crippen LogP contribution >= 0.6 is 0 Å². The summed E-state index contributed by atoms with van der Waals surface area (Å²) in [6.07, 6.45) is 2.58. The molecule has 1 amide bonds. The van der Waals surface area contributed by atoms with Gasteiger partial charge in [0.05, 0.1) is 19.0 Å². The summed E-state index contributed by atoms with van der Waals surface area (Å²) in [6.45, 7) is 2.72. The lowest BCUT2D eigenvalue weighted by molar-refractivity contribution is -0.120. The molecule has 0 spiro atoms. The van der Waals surface area contributed by atoms with E-state index < -0.39 is 0 Å². The highest BCUT2D eigenvalue weighted by Gasteiger charge is 1.98. The fourth-order valence-electron chi connectivity index (χ4n) is 1.20. The van der Waals surface area contributed by atoms with E-state index in [1.165, 1.54) is 0 Å². The standard InChI is InChI=1S/C11H22N4O/c1-15(2)9-4-3-7-13-10-11(16)14-8-5-6-12/h13H,3-5,7-10H2,1-2H3,(H,14,16). The summed E-state index contributed by atoms with van der Waals surface area (Å²) in [5, 5.41) is 14.0. The van der Waals surface area contributed by atoms with Gasteiger partial charge in [0.2, 0.25) is 5.91 Å². The number of unbranched alkanes of at least 4 members (excludes halogenated alkanes) is 1. The van der Waals surface area contributed by atoms with Crippen LogP contribution in [0, 0.1) is 11.3 Å².